The minimum Gasteiger partial charge on any atom is -0.361 e. The molecule has 2 unspecified atom stereocenters. The fraction of sp³-hybridized carbons (Fsp3) is 0.600. The summed E-state index contributed by atoms with van der Waals surface area (Å²) < 4.78 is 0. The second-order valence-electron chi connectivity index (χ2n) is 4.29. The molecular weight excluding hydrogens is 244 g/mol. The molecule has 1 aliphatic carbocycles. The molecule has 17 heavy (non-hydrogen) atoms. The van der Waals surface area contributed by atoms with E-state index in [1.54, 1.807) is 0 Å². The number of nitro groups is 1. The van der Waals surface area contributed by atoms with Gasteiger partial charge in [-0.2, -0.15) is 4.98 Å². The Morgan fingerprint density at radius 2 is 2.35 bits per heavy atom. The van der Waals surface area contributed by atoms with E-state index in [4.69, 9.17) is 11.6 Å². The lowest BCUT2D eigenvalue weighted by Crippen LogP contribution is -2.23. The summed E-state index contributed by atoms with van der Waals surface area (Å²) in [4.78, 5) is 17.9. The number of rotatable bonds is 3. The van der Waals surface area contributed by atoms with E-state index < -0.39 is 4.92 Å². The van der Waals surface area contributed by atoms with E-state index in [1.165, 1.54) is 0 Å². The Balaban J connectivity index is 2.24. The van der Waals surface area contributed by atoms with Gasteiger partial charge >= 0.3 is 5.69 Å². The molecule has 2 rings (SSSR count). The first-order valence-corrected chi connectivity index (χ1v) is 5.89. The SMILES string of the molecule is CC1CCCC1Nc1nc(Cl)ncc1[N+](=O)[O-]. The van der Waals surface area contributed by atoms with Gasteiger partial charge in [0.15, 0.2) is 0 Å². The molecule has 0 spiro atoms. The molecule has 0 aromatic carbocycles. The average Bonchev–Trinajstić information content (AvgIpc) is 2.64. The van der Waals surface area contributed by atoms with Gasteiger partial charge in [-0.05, 0) is 30.4 Å². The molecule has 1 aliphatic rings. The van der Waals surface area contributed by atoms with Gasteiger partial charge in [-0.1, -0.05) is 13.3 Å². The fourth-order valence-electron chi connectivity index (χ4n) is 2.13. The minimum atomic E-state index is -0.502. The summed E-state index contributed by atoms with van der Waals surface area (Å²) in [6.45, 7) is 2.12. The summed E-state index contributed by atoms with van der Waals surface area (Å²) in [7, 11) is 0. The van der Waals surface area contributed by atoms with Crippen LogP contribution in [0.4, 0.5) is 11.5 Å². The highest BCUT2D eigenvalue weighted by Gasteiger charge is 2.26. The topological polar surface area (TPSA) is 81.0 Å². The number of halogens is 1. The average molecular weight is 257 g/mol. The van der Waals surface area contributed by atoms with Crippen LogP contribution in [-0.2, 0) is 0 Å². The monoisotopic (exact) mass is 256 g/mol. The van der Waals surface area contributed by atoms with Crippen molar-refractivity contribution >= 4 is 23.1 Å². The van der Waals surface area contributed by atoms with Crippen molar-refractivity contribution in [2.75, 3.05) is 5.32 Å². The molecule has 0 radical (unpaired) electrons. The van der Waals surface area contributed by atoms with Gasteiger partial charge in [0, 0.05) is 6.04 Å². The Labute approximate surface area is 104 Å². The summed E-state index contributed by atoms with van der Waals surface area (Å²) in [5.41, 5.74) is -0.131. The van der Waals surface area contributed by atoms with Crippen molar-refractivity contribution < 1.29 is 4.92 Å². The fourth-order valence-corrected chi connectivity index (χ4v) is 2.26. The maximum atomic E-state index is 10.8. The van der Waals surface area contributed by atoms with Crippen LogP contribution >= 0.6 is 11.6 Å². The van der Waals surface area contributed by atoms with Gasteiger partial charge in [-0.15, -0.1) is 0 Å². The molecular formula is C10H13ClN4O2. The van der Waals surface area contributed by atoms with Crippen molar-refractivity contribution in [1.82, 2.24) is 9.97 Å². The summed E-state index contributed by atoms with van der Waals surface area (Å²) in [5, 5.41) is 14.0. The zero-order valence-electron chi connectivity index (χ0n) is 9.39. The molecule has 0 bridgehead atoms. The number of hydrogen-bond donors (Lipinski definition) is 1. The summed E-state index contributed by atoms with van der Waals surface area (Å²) in [6, 6.07) is 0.222. The Hall–Kier alpha value is -1.43. The molecule has 1 saturated carbocycles. The Morgan fingerprint density at radius 3 is 2.94 bits per heavy atom. The molecule has 0 aliphatic heterocycles. The normalized spacial score (nSPS) is 23.6. The molecule has 0 amide bonds. The second-order valence-corrected chi connectivity index (χ2v) is 4.63. The van der Waals surface area contributed by atoms with Gasteiger partial charge in [0.1, 0.15) is 6.20 Å². The number of aromatic nitrogens is 2. The van der Waals surface area contributed by atoms with E-state index in [0.29, 0.717) is 5.92 Å². The third-order valence-electron chi connectivity index (χ3n) is 3.12. The van der Waals surface area contributed by atoms with Gasteiger partial charge in [-0.3, -0.25) is 10.1 Å². The second kappa shape index (κ2) is 4.83. The van der Waals surface area contributed by atoms with Crippen LogP contribution < -0.4 is 5.32 Å². The lowest BCUT2D eigenvalue weighted by Gasteiger charge is -2.17. The summed E-state index contributed by atoms with van der Waals surface area (Å²) >= 11 is 5.66. The molecule has 1 aromatic rings. The highest BCUT2D eigenvalue weighted by molar-refractivity contribution is 6.28. The van der Waals surface area contributed by atoms with Crippen LogP contribution in [0.25, 0.3) is 0 Å². The maximum absolute atomic E-state index is 10.8. The number of nitrogens with zero attached hydrogens (tertiary/aromatic N) is 3. The molecule has 1 aromatic heterocycles. The lowest BCUT2D eigenvalue weighted by molar-refractivity contribution is -0.384. The molecule has 6 nitrogen and oxygen atoms in total. The largest absolute Gasteiger partial charge is 0.361 e. The highest BCUT2D eigenvalue weighted by atomic mass is 35.5. The van der Waals surface area contributed by atoms with Gasteiger partial charge in [0.25, 0.3) is 0 Å². The molecule has 1 N–H and O–H groups in total. The van der Waals surface area contributed by atoms with Crippen molar-refractivity contribution in [3.63, 3.8) is 0 Å². The summed E-state index contributed by atoms with van der Waals surface area (Å²) in [5.74, 6) is 0.706. The first-order valence-electron chi connectivity index (χ1n) is 5.51. The quantitative estimate of drug-likeness (QED) is 0.511. The van der Waals surface area contributed by atoms with Gasteiger partial charge in [-0.25, -0.2) is 4.98 Å². The number of hydrogen-bond acceptors (Lipinski definition) is 5. The van der Waals surface area contributed by atoms with E-state index in [0.717, 1.165) is 25.5 Å². The van der Waals surface area contributed by atoms with Crippen LogP contribution in [0, 0.1) is 16.0 Å². The van der Waals surface area contributed by atoms with Crippen molar-refractivity contribution in [3.8, 4) is 0 Å². The first-order chi connectivity index (χ1) is 8.08. The van der Waals surface area contributed by atoms with Crippen molar-refractivity contribution in [2.45, 2.75) is 32.2 Å². The summed E-state index contributed by atoms with van der Waals surface area (Å²) in [6.07, 6.45) is 4.40. The minimum absolute atomic E-state index is 0.0174. The number of nitrogens with one attached hydrogen (secondary N) is 1. The third kappa shape index (κ3) is 2.63. The van der Waals surface area contributed by atoms with Crippen LogP contribution in [-0.4, -0.2) is 20.9 Å². The standard InChI is InChI=1S/C10H13ClN4O2/c1-6-3-2-4-7(6)13-9-8(15(16)17)5-12-10(11)14-9/h5-7H,2-4H2,1H3,(H,12,13,14). The van der Waals surface area contributed by atoms with E-state index in [-0.39, 0.29) is 22.8 Å². The number of anilines is 1. The zero-order valence-corrected chi connectivity index (χ0v) is 10.1. The van der Waals surface area contributed by atoms with Crippen LogP contribution in [0.5, 0.6) is 0 Å². The molecule has 1 fully saturated rings. The van der Waals surface area contributed by atoms with E-state index in [9.17, 15) is 10.1 Å². The van der Waals surface area contributed by atoms with Crippen molar-refractivity contribution in [2.24, 2.45) is 5.92 Å². The molecule has 0 saturated heterocycles. The predicted molar refractivity (Wildman–Crippen MR) is 64.1 cm³/mol. The van der Waals surface area contributed by atoms with E-state index in [2.05, 4.69) is 22.2 Å². The Kier molecular flexibility index (Phi) is 3.42. The van der Waals surface area contributed by atoms with Crippen LogP contribution in [0.3, 0.4) is 0 Å². The lowest BCUT2D eigenvalue weighted by atomic mass is 10.1. The van der Waals surface area contributed by atoms with Crippen LogP contribution in [0.1, 0.15) is 26.2 Å². The van der Waals surface area contributed by atoms with Crippen molar-refractivity contribution in [1.29, 1.82) is 0 Å². The molecule has 1 heterocycles. The Bertz CT molecular complexity index is 440. The van der Waals surface area contributed by atoms with Crippen LogP contribution in [0.15, 0.2) is 6.20 Å². The van der Waals surface area contributed by atoms with E-state index >= 15 is 0 Å². The highest BCUT2D eigenvalue weighted by Crippen LogP contribution is 2.30. The van der Waals surface area contributed by atoms with Gasteiger partial charge < -0.3 is 5.32 Å². The maximum Gasteiger partial charge on any atom is 0.329 e. The molecule has 92 valence electrons. The van der Waals surface area contributed by atoms with Gasteiger partial charge in [0.05, 0.1) is 4.92 Å². The molecule has 7 heteroatoms. The Morgan fingerprint density at radius 1 is 1.59 bits per heavy atom. The predicted octanol–water partition coefficient (Wildman–Crippen LogP) is 2.64. The zero-order chi connectivity index (χ0) is 12.4. The van der Waals surface area contributed by atoms with Gasteiger partial charge in [0.2, 0.25) is 11.1 Å². The molecule has 2 atom stereocenters. The smallest absolute Gasteiger partial charge is 0.329 e. The third-order valence-corrected chi connectivity index (χ3v) is 3.30. The van der Waals surface area contributed by atoms with Crippen LogP contribution in [0.2, 0.25) is 5.28 Å². The first kappa shape index (κ1) is 12.0. The van der Waals surface area contributed by atoms with E-state index in [1.807, 2.05) is 0 Å². The van der Waals surface area contributed by atoms with Crippen molar-refractivity contribution in [3.05, 3.63) is 21.6 Å².